The van der Waals surface area contributed by atoms with E-state index in [1.165, 1.54) is 38.5 Å². The summed E-state index contributed by atoms with van der Waals surface area (Å²) in [6.45, 7) is 0. The van der Waals surface area contributed by atoms with Crippen molar-refractivity contribution in [2.24, 2.45) is 5.92 Å². The second-order valence-electron chi connectivity index (χ2n) is 5.73. The normalized spacial score (nSPS) is 17.5. The van der Waals surface area contributed by atoms with E-state index in [0.29, 0.717) is 11.8 Å². The molecule has 0 aromatic carbocycles. The van der Waals surface area contributed by atoms with E-state index in [4.69, 9.17) is 9.47 Å². The fourth-order valence-electron chi connectivity index (χ4n) is 3.15. The van der Waals surface area contributed by atoms with Gasteiger partial charge >= 0.3 is 0 Å². The molecule has 118 valence electrons. The molecule has 0 aliphatic heterocycles. The van der Waals surface area contributed by atoms with Gasteiger partial charge in [-0.05, 0) is 25.8 Å². The van der Waals surface area contributed by atoms with Crippen LogP contribution in [0.5, 0.6) is 11.8 Å². The van der Waals surface area contributed by atoms with Crippen molar-refractivity contribution in [3.63, 3.8) is 0 Å². The van der Waals surface area contributed by atoms with Gasteiger partial charge in [0.05, 0.1) is 26.5 Å². The Kier molecular flexibility index (Phi) is 6.23. The smallest absolute Gasteiger partial charge is 0.240 e. The Morgan fingerprint density at radius 2 is 2.00 bits per heavy atom. The van der Waals surface area contributed by atoms with E-state index >= 15 is 0 Å². The molecule has 1 N–H and O–H groups in total. The lowest BCUT2D eigenvalue weighted by Crippen LogP contribution is -2.20. The van der Waals surface area contributed by atoms with Gasteiger partial charge in [0.15, 0.2) is 0 Å². The minimum Gasteiger partial charge on any atom is -0.480 e. The van der Waals surface area contributed by atoms with E-state index in [2.05, 4.69) is 15.3 Å². The van der Waals surface area contributed by atoms with E-state index < -0.39 is 0 Å². The summed E-state index contributed by atoms with van der Waals surface area (Å²) in [6.07, 6.45) is 10.9. The van der Waals surface area contributed by atoms with Crippen molar-refractivity contribution in [1.82, 2.24) is 15.3 Å². The number of nitrogens with one attached hydrogen (secondary N) is 1. The molecule has 0 saturated heterocycles. The number of ether oxygens (including phenoxy) is 2. The minimum absolute atomic E-state index is 0.181. The lowest BCUT2D eigenvalue weighted by Gasteiger charge is -2.24. The van der Waals surface area contributed by atoms with E-state index in [-0.39, 0.29) is 6.04 Å². The molecule has 0 radical (unpaired) electrons. The molecular weight excluding hydrogens is 266 g/mol. The van der Waals surface area contributed by atoms with Crippen molar-refractivity contribution in [3.8, 4) is 11.8 Å². The van der Waals surface area contributed by atoms with Gasteiger partial charge in [-0.15, -0.1) is 0 Å². The Morgan fingerprint density at radius 3 is 2.62 bits per heavy atom. The highest BCUT2D eigenvalue weighted by Crippen LogP contribution is 2.32. The highest BCUT2D eigenvalue weighted by molar-refractivity contribution is 5.25. The van der Waals surface area contributed by atoms with Crippen molar-refractivity contribution in [2.45, 2.75) is 51.0 Å². The van der Waals surface area contributed by atoms with Gasteiger partial charge in [0.2, 0.25) is 11.8 Å². The van der Waals surface area contributed by atoms with Gasteiger partial charge in [0, 0.05) is 0 Å². The Hall–Kier alpha value is -1.36. The van der Waals surface area contributed by atoms with Crippen LogP contribution in [0.2, 0.25) is 0 Å². The largest absolute Gasteiger partial charge is 0.480 e. The number of hydrogen-bond acceptors (Lipinski definition) is 5. The fourth-order valence-corrected chi connectivity index (χ4v) is 3.15. The Balaban J connectivity index is 2.02. The van der Waals surface area contributed by atoms with Crippen LogP contribution in [0.4, 0.5) is 0 Å². The Bertz CT molecular complexity index is 434. The number of rotatable bonds is 7. The quantitative estimate of drug-likeness (QED) is 0.837. The zero-order valence-electron chi connectivity index (χ0n) is 13.4. The summed E-state index contributed by atoms with van der Waals surface area (Å²) in [7, 11) is 5.18. The van der Waals surface area contributed by atoms with Crippen LogP contribution in [0, 0.1) is 5.92 Å². The van der Waals surface area contributed by atoms with E-state index in [0.717, 1.165) is 18.0 Å². The molecule has 0 bridgehead atoms. The fraction of sp³-hybridized carbons (Fsp3) is 0.750. The molecule has 1 atom stereocenters. The first kappa shape index (κ1) is 16.0. The molecule has 1 aliphatic carbocycles. The number of hydrogen-bond donors (Lipinski definition) is 1. The molecule has 1 unspecified atom stereocenters. The maximum atomic E-state index is 5.37. The maximum Gasteiger partial charge on any atom is 0.240 e. The molecule has 1 aromatic heterocycles. The summed E-state index contributed by atoms with van der Waals surface area (Å²) in [5.74, 6) is 1.90. The maximum absolute atomic E-state index is 5.37. The van der Waals surface area contributed by atoms with Gasteiger partial charge in [0.1, 0.15) is 5.69 Å². The molecule has 21 heavy (non-hydrogen) atoms. The van der Waals surface area contributed by atoms with Crippen molar-refractivity contribution < 1.29 is 9.47 Å². The van der Waals surface area contributed by atoms with Crippen molar-refractivity contribution in [3.05, 3.63) is 11.9 Å². The first-order valence-corrected chi connectivity index (χ1v) is 7.90. The minimum atomic E-state index is 0.181. The predicted molar refractivity (Wildman–Crippen MR) is 82.7 cm³/mol. The highest BCUT2D eigenvalue weighted by Gasteiger charge is 2.21. The monoisotopic (exact) mass is 293 g/mol. The topological polar surface area (TPSA) is 56.3 Å². The van der Waals surface area contributed by atoms with Gasteiger partial charge in [-0.1, -0.05) is 32.1 Å². The molecule has 1 aliphatic rings. The summed E-state index contributed by atoms with van der Waals surface area (Å²) in [5, 5.41) is 3.35. The lowest BCUT2D eigenvalue weighted by molar-refractivity contribution is 0.309. The molecule has 1 heterocycles. The zero-order valence-corrected chi connectivity index (χ0v) is 13.4. The van der Waals surface area contributed by atoms with Gasteiger partial charge < -0.3 is 14.8 Å². The number of aromatic nitrogens is 2. The van der Waals surface area contributed by atoms with Crippen molar-refractivity contribution in [1.29, 1.82) is 0 Å². The van der Waals surface area contributed by atoms with Gasteiger partial charge in [0.25, 0.3) is 0 Å². The average molecular weight is 293 g/mol. The summed E-state index contributed by atoms with van der Waals surface area (Å²) in [4.78, 5) is 8.81. The molecule has 1 saturated carbocycles. The Morgan fingerprint density at radius 1 is 1.24 bits per heavy atom. The molecule has 0 spiro atoms. The summed E-state index contributed by atoms with van der Waals surface area (Å²) < 4.78 is 10.5. The SMILES string of the molecule is CNC(CCC1CCCCC1)c1ncc(OC)nc1OC. The summed E-state index contributed by atoms with van der Waals surface area (Å²) in [5.41, 5.74) is 0.872. The second-order valence-corrected chi connectivity index (χ2v) is 5.73. The molecule has 0 amide bonds. The standard InChI is InChI=1S/C16H27N3O2/c1-17-13(10-9-12-7-5-4-6-8-12)15-16(21-3)19-14(20-2)11-18-15/h11-13,17H,4-10H2,1-3H3. The van der Waals surface area contributed by atoms with Crippen LogP contribution in [0.1, 0.15) is 56.7 Å². The highest BCUT2D eigenvalue weighted by atomic mass is 16.5. The van der Waals surface area contributed by atoms with Gasteiger partial charge in [-0.2, -0.15) is 4.98 Å². The van der Waals surface area contributed by atoms with Crippen molar-refractivity contribution in [2.75, 3.05) is 21.3 Å². The van der Waals surface area contributed by atoms with Crippen LogP contribution in [0.3, 0.4) is 0 Å². The lowest BCUT2D eigenvalue weighted by atomic mass is 9.85. The van der Waals surface area contributed by atoms with Crippen LogP contribution >= 0.6 is 0 Å². The third-order valence-corrected chi connectivity index (χ3v) is 4.41. The molecule has 1 fully saturated rings. The van der Waals surface area contributed by atoms with Gasteiger partial charge in [-0.3, -0.25) is 0 Å². The van der Waals surface area contributed by atoms with E-state index in [9.17, 15) is 0 Å². The molecule has 2 rings (SSSR count). The third kappa shape index (κ3) is 4.30. The van der Waals surface area contributed by atoms with Crippen molar-refractivity contribution >= 4 is 0 Å². The molecule has 5 nitrogen and oxygen atoms in total. The van der Waals surface area contributed by atoms with Crippen LogP contribution < -0.4 is 14.8 Å². The molecular formula is C16H27N3O2. The van der Waals surface area contributed by atoms with Crippen LogP contribution in [0.15, 0.2) is 6.20 Å². The zero-order chi connectivity index (χ0) is 15.1. The first-order valence-electron chi connectivity index (χ1n) is 7.90. The second kappa shape index (κ2) is 8.17. The summed E-state index contributed by atoms with van der Waals surface area (Å²) in [6, 6.07) is 0.181. The van der Waals surface area contributed by atoms with Crippen LogP contribution in [0.25, 0.3) is 0 Å². The predicted octanol–water partition coefficient (Wildman–Crippen LogP) is 3.11. The van der Waals surface area contributed by atoms with E-state index in [1.807, 2.05) is 7.05 Å². The first-order chi connectivity index (χ1) is 10.3. The summed E-state index contributed by atoms with van der Waals surface area (Å²) >= 11 is 0. The van der Waals surface area contributed by atoms with Crippen LogP contribution in [-0.4, -0.2) is 31.2 Å². The Labute approximate surface area is 127 Å². The third-order valence-electron chi connectivity index (χ3n) is 4.41. The average Bonchev–Trinajstić information content (AvgIpc) is 2.56. The number of nitrogens with zero attached hydrogens (tertiary/aromatic N) is 2. The number of methoxy groups -OCH3 is 2. The van der Waals surface area contributed by atoms with Crippen LogP contribution in [-0.2, 0) is 0 Å². The molecule has 1 aromatic rings. The molecule has 5 heteroatoms. The van der Waals surface area contributed by atoms with Gasteiger partial charge in [-0.25, -0.2) is 4.98 Å². The van der Waals surface area contributed by atoms with E-state index in [1.54, 1.807) is 20.4 Å².